The fraction of sp³-hybridized carbons (Fsp3) is 0.235. The maximum Gasteiger partial charge on any atom is 0.224 e. The number of anilines is 1. The summed E-state index contributed by atoms with van der Waals surface area (Å²) in [5.74, 6) is 0.739. The second-order valence-corrected chi connectivity index (χ2v) is 4.72. The van der Waals surface area contributed by atoms with Gasteiger partial charge in [0, 0.05) is 12.1 Å². The number of hydrogen-bond acceptors (Lipinski definition) is 3. The van der Waals surface area contributed by atoms with Crippen molar-refractivity contribution in [3.8, 4) is 5.75 Å². The highest BCUT2D eigenvalue weighted by Gasteiger charge is 2.07. The molecule has 4 heteroatoms. The van der Waals surface area contributed by atoms with Crippen molar-refractivity contribution in [2.24, 2.45) is 0 Å². The standard InChI is InChI=1S/C17H19NO3/c1-21-16-8-3-2-6-14(16)9-10-17(20)18-15-7-4-5-13(11-15)12-19/h2-8,11,19H,9-10,12H2,1H3,(H,18,20). The molecule has 2 aromatic carbocycles. The van der Waals surface area contributed by atoms with Gasteiger partial charge < -0.3 is 15.2 Å². The van der Waals surface area contributed by atoms with Crippen molar-refractivity contribution in [2.45, 2.75) is 19.4 Å². The predicted molar refractivity (Wildman–Crippen MR) is 82.3 cm³/mol. The molecule has 2 aromatic rings. The van der Waals surface area contributed by atoms with Gasteiger partial charge in [-0.2, -0.15) is 0 Å². The number of benzene rings is 2. The zero-order valence-electron chi connectivity index (χ0n) is 12.0. The number of methoxy groups -OCH3 is 1. The van der Waals surface area contributed by atoms with Crippen LogP contribution in [-0.4, -0.2) is 18.1 Å². The molecule has 0 saturated heterocycles. The van der Waals surface area contributed by atoms with Crippen LogP contribution >= 0.6 is 0 Å². The SMILES string of the molecule is COc1ccccc1CCC(=O)Nc1cccc(CO)c1. The van der Waals surface area contributed by atoms with E-state index in [2.05, 4.69) is 5.32 Å². The van der Waals surface area contributed by atoms with E-state index in [4.69, 9.17) is 9.84 Å². The number of nitrogens with one attached hydrogen (secondary N) is 1. The van der Waals surface area contributed by atoms with Crippen molar-refractivity contribution < 1.29 is 14.6 Å². The number of rotatable bonds is 6. The summed E-state index contributed by atoms with van der Waals surface area (Å²) in [6.45, 7) is -0.0368. The summed E-state index contributed by atoms with van der Waals surface area (Å²) in [6.07, 6.45) is 0.999. The van der Waals surface area contributed by atoms with Crippen LogP contribution in [0, 0.1) is 0 Å². The van der Waals surface area contributed by atoms with Crippen LogP contribution in [0.2, 0.25) is 0 Å². The minimum Gasteiger partial charge on any atom is -0.496 e. The molecule has 0 bridgehead atoms. The molecule has 0 aliphatic heterocycles. The highest BCUT2D eigenvalue weighted by Crippen LogP contribution is 2.19. The molecule has 1 amide bonds. The summed E-state index contributed by atoms with van der Waals surface area (Å²) in [4.78, 5) is 12.0. The summed E-state index contributed by atoms with van der Waals surface area (Å²) in [6, 6.07) is 14.9. The first-order valence-electron chi connectivity index (χ1n) is 6.84. The Kier molecular flexibility index (Phi) is 5.35. The lowest BCUT2D eigenvalue weighted by Crippen LogP contribution is -2.12. The molecule has 110 valence electrons. The normalized spacial score (nSPS) is 10.2. The van der Waals surface area contributed by atoms with E-state index < -0.39 is 0 Å². The van der Waals surface area contributed by atoms with E-state index in [1.807, 2.05) is 30.3 Å². The summed E-state index contributed by atoms with van der Waals surface area (Å²) in [7, 11) is 1.62. The number of hydrogen-bond donors (Lipinski definition) is 2. The quantitative estimate of drug-likeness (QED) is 0.858. The first-order valence-corrected chi connectivity index (χ1v) is 6.84. The summed E-state index contributed by atoms with van der Waals surface area (Å²) in [5, 5.41) is 11.9. The Balaban J connectivity index is 1.92. The third-order valence-corrected chi connectivity index (χ3v) is 3.21. The van der Waals surface area contributed by atoms with E-state index in [0.29, 0.717) is 18.5 Å². The van der Waals surface area contributed by atoms with Crippen LogP contribution in [0.4, 0.5) is 5.69 Å². The van der Waals surface area contributed by atoms with Gasteiger partial charge in [0.25, 0.3) is 0 Å². The number of carbonyl (C=O) groups is 1. The maximum absolute atomic E-state index is 12.0. The Bertz CT molecular complexity index is 610. The molecule has 2 N–H and O–H groups in total. The highest BCUT2D eigenvalue weighted by atomic mass is 16.5. The monoisotopic (exact) mass is 285 g/mol. The number of aryl methyl sites for hydroxylation is 1. The lowest BCUT2D eigenvalue weighted by molar-refractivity contribution is -0.116. The van der Waals surface area contributed by atoms with Crippen LogP contribution < -0.4 is 10.1 Å². The molecular formula is C17H19NO3. The molecule has 0 saturated carbocycles. The van der Waals surface area contributed by atoms with E-state index >= 15 is 0 Å². The minimum absolute atomic E-state index is 0.0368. The van der Waals surface area contributed by atoms with Crippen LogP contribution in [0.25, 0.3) is 0 Å². The molecule has 0 heterocycles. The fourth-order valence-corrected chi connectivity index (χ4v) is 2.13. The van der Waals surface area contributed by atoms with Gasteiger partial charge in [-0.25, -0.2) is 0 Å². The zero-order chi connectivity index (χ0) is 15.1. The average Bonchev–Trinajstić information content (AvgIpc) is 2.53. The van der Waals surface area contributed by atoms with Gasteiger partial charge in [-0.1, -0.05) is 30.3 Å². The van der Waals surface area contributed by atoms with Gasteiger partial charge in [0.15, 0.2) is 0 Å². The number of amides is 1. The Morgan fingerprint density at radius 3 is 2.76 bits per heavy atom. The van der Waals surface area contributed by atoms with E-state index in [1.165, 1.54) is 0 Å². The van der Waals surface area contributed by atoms with Crippen molar-refractivity contribution >= 4 is 11.6 Å². The van der Waals surface area contributed by atoms with E-state index in [-0.39, 0.29) is 12.5 Å². The second-order valence-electron chi connectivity index (χ2n) is 4.72. The largest absolute Gasteiger partial charge is 0.496 e. The number of aliphatic hydroxyl groups is 1. The average molecular weight is 285 g/mol. The Morgan fingerprint density at radius 2 is 2.00 bits per heavy atom. The van der Waals surface area contributed by atoms with Gasteiger partial charge in [0.05, 0.1) is 13.7 Å². The van der Waals surface area contributed by atoms with Crippen LogP contribution in [0.1, 0.15) is 17.5 Å². The van der Waals surface area contributed by atoms with Crippen molar-refractivity contribution in [2.75, 3.05) is 12.4 Å². The molecule has 0 aromatic heterocycles. The number of aliphatic hydroxyl groups excluding tert-OH is 1. The summed E-state index contributed by atoms with van der Waals surface area (Å²) < 4.78 is 5.27. The fourth-order valence-electron chi connectivity index (χ4n) is 2.13. The number of ether oxygens (including phenoxy) is 1. The summed E-state index contributed by atoms with van der Waals surface area (Å²) in [5.41, 5.74) is 2.49. The number of carbonyl (C=O) groups excluding carboxylic acids is 1. The first-order chi connectivity index (χ1) is 10.2. The van der Waals surface area contributed by atoms with Crippen LogP contribution in [0.15, 0.2) is 48.5 Å². The number of para-hydroxylation sites is 1. The molecule has 0 aliphatic carbocycles. The third-order valence-electron chi connectivity index (χ3n) is 3.21. The van der Waals surface area contributed by atoms with E-state index in [9.17, 15) is 4.79 Å². The molecule has 21 heavy (non-hydrogen) atoms. The van der Waals surface area contributed by atoms with Crippen LogP contribution in [-0.2, 0) is 17.8 Å². The topological polar surface area (TPSA) is 58.6 Å². The smallest absolute Gasteiger partial charge is 0.224 e. The van der Waals surface area contributed by atoms with Crippen molar-refractivity contribution in [3.05, 3.63) is 59.7 Å². The van der Waals surface area contributed by atoms with Gasteiger partial charge in [-0.3, -0.25) is 4.79 Å². The van der Waals surface area contributed by atoms with E-state index in [0.717, 1.165) is 16.9 Å². The van der Waals surface area contributed by atoms with Crippen molar-refractivity contribution in [1.29, 1.82) is 0 Å². The molecule has 0 fully saturated rings. The van der Waals surface area contributed by atoms with Gasteiger partial charge in [-0.15, -0.1) is 0 Å². The third kappa shape index (κ3) is 4.33. The molecular weight excluding hydrogens is 266 g/mol. The predicted octanol–water partition coefficient (Wildman–Crippen LogP) is 2.76. The molecule has 0 spiro atoms. The van der Waals surface area contributed by atoms with Crippen LogP contribution in [0.3, 0.4) is 0 Å². The Labute approximate surface area is 124 Å². The second kappa shape index (κ2) is 7.45. The van der Waals surface area contributed by atoms with Gasteiger partial charge in [0.2, 0.25) is 5.91 Å². The Hall–Kier alpha value is -2.33. The van der Waals surface area contributed by atoms with E-state index in [1.54, 1.807) is 25.3 Å². The summed E-state index contributed by atoms with van der Waals surface area (Å²) >= 11 is 0. The first kappa shape index (κ1) is 15.1. The highest BCUT2D eigenvalue weighted by molar-refractivity contribution is 5.90. The van der Waals surface area contributed by atoms with Gasteiger partial charge in [-0.05, 0) is 35.7 Å². The van der Waals surface area contributed by atoms with Crippen molar-refractivity contribution in [1.82, 2.24) is 0 Å². The van der Waals surface area contributed by atoms with Crippen LogP contribution in [0.5, 0.6) is 5.75 Å². The maximum atomic E-state index is 12.0. The molecule has 0 radical (unpaired) electrons. The lowest BCUT2D eigenvalue weighted by Gasteiger charge is -2.09. The van der Waals surface area contributed by atoms with Crippen molar-refractivity contribution in [3.63, 3.8) is 0 Å². The molecule has 2 rings (SSSR count). The van der Waals surface area contributed by atoms with Gasteiger partial charge in [0.1, 0.15) is 5.75 Å². The zero-order valence-corrected chi connectivity index (χ0v) is 12.0. The molecule has 0 aliphatic rings. The Morgan fingerprint density at radius 1 is 1.19 bits per heavy atom. The minimum atomic E-state index is -0.0593. The van der Waals surface area contributed by atoms with Gasteiger partial charge >= 0.3 is 0 Å². The molecule has 0 unspecified atom stereocenters. The molecule has 4 nitrogen and oxygen atoms in total. The lowest BCUT2D eigenvalue weighted by atomic mass is 10.1. The molecule has 0 atom stereocenters.